The van der Waals surface area contributed by atoms with Gasteiger partial charge in [-0.2, -0.15) is 5.10 Å². The average Bonchev–Trinajstić information content (AvgIpc) is 3.16. The van der Waals surface area contributed by atoms with Gasteiger partial charge in [-0.1, -0.05) is 26.0 Å². The molecule has 7 heteroatoms. The number of ether oxygens (including phenoxy) is 1. The number of halogens is 2. The van der Waals surface area contributed by atoms with E-state index >= 15 is 0 Å². The van der Waals surface area contributed by atoms with Gasteiger partial charge in [-0.25, -0.2) is 13.5 Å². The van der Waals surface area contributed by atoms with E-state index in [1.54, 1.807) is 16.9 Å². The lowest BCUT2D eigenvalue weighted by Crippen LogP contribution is -2.13. The number of carboxylic acids is 1. The molecule has 0 fully saturated rings. The molecule has 0 bridgehead atoms. The molecule has 2 aromatic carbocycles. The highest BCUT2D eigenvalue weighted by Gasteiger charge is 2.18. The zero-order chi connectivity index (χ0) is 21.0. The number of nitrogens with zero attached hydrogens (tertiary/aromatic N) is 2. The monoisotopic (exact) mass is 400 g/mol. The summed E-state index contributed by atoms with van der Waals surface area (Å²) >= 11 is 0. The summed E-state index contributed by atoms with van der Waals surface area (Å²) in [6, 6.07) is 11.8. The number of rotatable bonds is 8. The van der Waals surface area contributed by atoms with Crippen LogP contribution in [-0.4, -0.2) is 20.9 Å². The second-order valence-corrected chi connectivity index (χ2v) is 6.88. The Morgan fingerprint density at radius 1 is 1.14 bits per heavy atom. The van der Waals surface area contributed by atoms with E-state index in [0.717, 1.165) is 24.2 Å². The van der Waals surface area contributed by atoms with Crippen molar-refractivity contribution in [3.8, 4) is 11.4 Å². The molecule has 1 heterocycles. The van der Waals surface area contributed by atoms with Gasteiger partial charge in [0.15, 0.2) is 17.4 Å². The second kappa shape index (κ2) is 8.86. The lowest BCUT2D eigenvalue weighted by Gasteiger charge is -2.13. The maximum atomic E-state index is 14.4. The third-order valence-electron chi connectivity index (χ3n) is 4.70. The number of benzene rings is 2. The number of hydrogen-bond donors (Lipinski definition) is 1. The van der Waals surface area contributed by atoms with Crippen LogP contribution in [0.25, 0.3) is 5.69 Å². The standard InChI is InChI=1S/C22H22F2N2O3/c1-3-15-4-6-17(7-5-15)26-18(8-9-25-26)13-29-21-19(23)11-16(12-20(21)24)10-14(2)22(27)28/h4-9,11-12,14H,3,10,13H2,1-2H3,(H,27,28). The Balaban J connectivity index is 1.75. The lowest BCUT2D eigenvalue weighted by molar-refractivity contribution is -0.141. The van der Waals surface area contributed by atoms with Gasteiger partial charge in [0, 0.05) is 6.20 Å². The van der Waals surface area contributed by atoms with Crippen molar-refractivity contribution in [2.24, 2.45) is 5.92 Å². The Kier molecular flexibility index (Phi) is 6.26. The fourth-order valence-corrected chi connectivity index (χ4v) is 3.00. The first-order valence-corrected chi connectivity index (χ1v) is 9.34. The van der Waals surface area contributed by atoms with Gasteiger partial charge in [-0.05, 0) is 54.3 Å². The molecule has 0 amide bonds. The predicted molar refractivity (Wildman–Crippen MR) is 104 cm³/mol. The summed E-state index contributed by atoms with van der Waals surface area (Å²) in [5, 5.41) is 13.2. The number of aryl methyl sites for hydroxylation is 1. The van der Waals surface area contributed by atoms with Crippen LogP contribution in [0, 0.1) is 17.6 Å². The van der Waals surface area contributed by atoms with Crippen molar-refractivity contribution in [2.75, 3.05) is 0 Å². The minimum atomic E-state index is -1.02. The zero-order valence-corrected chi connectivity index (χ0v) is 16.2. The fraction of sp³-hybridized carbons (Fsp3) is 0.273. The lowest BCUT2D eigenvalue weighted by atomic mass is 10.0. The molecule has 29 heavy (non-hydrogen) atoms. The Labute approximate surface area is 167 Å². The number of carbonyl (C=O) groups is 1. The summed E-state index contributed by atoms with van der Waals surface area (Å²) in [5.41, 5.74) is 2.92. The molecule has 0 saturated carbocycles. The van der Waals surface area contributed by atoms with Gasteiger partial charge in [0.1, 0.15) is 6.61 Å². The molecule has 0 aliphatic rings. The Morgan fingerprint density at radius 3 is 2.38 bits per heavy atom. The van der Waals surface area contributed by atoms with Crippen LogP contribution in [0.3, 0.4) is 0 Å². The minimum Gasteiger partial charge on any atom is -0.481 e. The van der Waals surface area contributed by atoms with E-state index in [9.17, 15) is 13.6 Å². The molecule has 0 aliphatic heterocycles. The maximum Gasteiger partial charge on any atom is 0.306 e. The molecule has 0 radical (unpaired) electrons. The molecule has 3 rings (SSSR count). The fourth-order valence-electron chi connectivity index (χ4n) is 3.00. The van der Waals surface area contributed by atoms with Crippen molar-refractivity contribution in [1.29, 1.82) is 0 Å². The van der Waals surface area contributed by atoms with Crippen molar-refractivity contribution in [3.63, 3.8) is 0 Å². The van der Waals surface area contributed by atoms with Crippen molar-refractivity contribution >= 4 is 5.97 Å². The summed E-state index contributed by atoms with van der Waals surface area (Å²) in [6.45, 7) is 3.48. The molecule has 1 unspecified atom stereocenters. The van der Waals surface area contributed by atoms with E-state index in [1.807, 2.05) is 24.3 Å². The first kappa shape index (κ1) is 20.5. The van der Waals surface area contributed by atoms with Gasteiger partial charge in [-0.15, -0.1) is 0 Å². The highest BCUT2D eigenvalue weighted by molar-refractivity contribution is 5.69. The quantitative estimate of drug-likeness (QED) is 0.602. The van der Waals surface area contributed by atoms with E-state index < -0.39 is 29.3 Å². The molecule has 0 aliphatic carbocycles. The van der Waals surface area contributed by atoms with E-state index in [-0.39, 0.29) is 18.6 Å². The number of aromatic nitrogens is 2. The molecule has 1 atom stereocenters. The highest BCUT2D eigenvalue weighted by atomic mass is 19.1. The largest absolute Gasteiger partial charge is 0.481 e. The maximum absolute atomic E-state index is 14.4. The van der Waals surface area contributed by atoms with Crippen molar-refractivity contribution < 1.29 is 23.4 Å². The van der Waals surface area contributed by atoms with Crippen LogP contribution < -0.4 is 4.74 Å². The SMILES string of the molecule is CCc1ccc(-n2nccc2COc2c(F)cc(CC(C)C(=O)O)cc2F)cc1. The third kappa shape index (κ3) is 4.80. The van der Waals surface area contributed by atoms with E-state index in [0.29, 0.717) is 5.69 Å². The van der Waals surface area contributed by atoms with Crippen LogP contribution in [0.4, 0.5) is 8.78 Å². The normalized spacial score (nSPS) is 12.0. The molecule has 1 aromatic heterocycles. The van der Waals surface area contributed by atoms with Crippen LogP contribution in [0.2, 0.25) is 0 Å². The molecular formula is C22H22F2N2O3. The molecular weight excluding hydrogens is 378 g/mol. The minimum absolute atomic E-state index is 0.0317. The van der Waals surface area contributed by atoms with Gasteiger partial charge < -0.3 is 9.84 Å². The van der Waals surface area contributed by atoms with Gasteiger partial charge in [0.25, 0.3) is 0 Å². The van der Waals surface area contributed by atoms with Gasteiger partial charge in [0.2, 0.25) is 0 Å². The van der Waals surface area contributed by atoms with Crippen molar-refractivity contribution in [1.82, 2.24) is 9.78 Å². The Bertz CT molecular complexity index is 977. The van der Waals surface area contributed by atoms with E-state index in [4.69, 9.17) is 9.84 Å². The van der Waals surface area contributed by atoms with Crippen molar-refractivity contribution in [3.05, 3.63) is 77.1 Å². The number of carboxylic acid groups (broad SMARTS) is 1. The number of aliphatic carboxylic acids is 1. The Hall–Kier alpha value is -3.22. The van der Waals surface area contributed by atoms with Gasteiger partial charge in [-0.3, -0.25) is 4.79 Å². The molecule has 0 spiro atoms. The van der Waals surface area contributed by atoms with Gasteiger partial charge >= 0.3 is 5.97 Å². The summed E-state index contributed by atoms with van der Waals surface area (Å²) in [7, 11) is 0. The number of hydrogen-bond acceptors (Lipinski definition) is 3. The third-order valence-corrected chi connectivity index (χ3v) is 4.70. The Morgan fingerprint density at radius 2 is 1.79 bits per heavy atom. The van der Waals surface area contributed by atoms with E-state index in [2.05, 4.69) is 12.0 Å². The summed E-state index contributed by atoms with van der Waals surface area (Å²) < 4.78 is 35.8. The molecule has 0 saturated heterocycles. The van der Waals surface area contributed by atoms with Crippen LogP contribution >= 0.6 is 0 Å². The molecule has 3 aromatic rings. The predicted octanol–water partition coefficient (Wildman–Crippen LogP) is 4.56. The smallest absolute Gasteiger partial charge is 0.306 e. The summed E-state index contributed by atoms with van der Waals surface area (Å²) in [5.74, 6) is -3.99. The van der Waals surface area contributed by atoms with Gasteiger partial charge in [0.05, 0.1) is 17.3 Å². The van der Waals surface area contributed by atoms with Crippen molar-refractivity contribution in [2.45, 2.75) is 33.3 Å². The second-order valence-electron chi connectivity index (χ2n) is 6.88. The van der Waals surface area contributed by atoms with Crippen LogP contribution in [0.15, 0.2) is 48.7 Å². The molecule has 5 nitrogen and oxygen atoms in total. The first-order valence-electron chi connectivity index (χ1n) is 9.34. The first-order chi connectivity index (χ1) is 13.9. The zero-order valence-electron chi connectivity index (χ0n) is 16.2. The summed E-state index contributed by atoms with van der Waals surface area (Å²) in [6.07, 6.45) is 2.55. The average molecular weight is 400 g/mol. The highest BCUT2D eigenvalue weighted by Crippen LogP contribution is 2.26. The summed E-state index contributed by atoms with van der Waals surface area (Å²) in [4.78, 5) is 10.9. The molecule has 152 valence electrons. The van der Waals surface area contributed by atoms with E-state index in [1.165, 1.54) is 12.5 Å². The van der Waals surface area contributed by atoms with Crippen LogP contribution in [-0.2, 0) is 24.2 Å². The molecule has 1 N–H and O–H groups in total. The topological polar surface area (TPSA) is 64.4 Å². The van der Waals surface area contributed by atoms with Crippen LogP contribution in [0.5, 0.6) is 5.75 Å². The van der Waals surface area contributed by atoms with Crippen LogP contribution in [0.1, 0.15) is 30.7 Å².